The zero-order valence-corrected chi connectivity index (χ0v) is 16.3. The minimum atomic E-state index is -0.192. The highest BCUT2D eigenvalue weighted by Crippen LogP contribution is 2.17. The summed E-state index contributed by atoms with van der Waals surface area (Å²) in [6.07, 6.45) is 3.13. The van der Waals surface area contributed by atoms with Crippen molar-refractivity contribution in [2.75, 3.05) is 26.3 Å². The summed E-state index contributed by atoms with van der Waals surface area (Å²) in [7, 11) is 0. The summed E-state index contributed by atoms with van der Waals surface area (Å²) in [4.78, 5) is 23.4. The lowest BCUT2D eigenvalue weighted by Crippen LogP contribution is -2.47. The van der Waals surface area contributed by atoms with Crippen LogP contribution in [0.1, 0.15) is 27.4 Å². The Bertz CT molecular complexity index is 999. The highest BCUT2D eigenvalue weighted by Gasteiger charge is 2.27. The molecule has 1 amide bonds. The van der Waals surface area contributed by atoms with Gasteiger partial charge in [-0.25, -0.2) is 9.50 Å². The molecule has 1 saturated heterocycles. The topological polar surface area (TPSA) is 81.9 Å². The number of carbonyl (C=O) groups excluding carboxylic acids is 1. The predicted octanol–water partition coefficient (Wildman–Crippen LogP) is 1.97. The Labute approximate surface area is 163 Å². The standard InChI is InChI=1S/C20H23N5O3/c1-13-4-5-16(9-21-13)28-12-17-11-24(6-7-27-17)20(26)18-10-22-19-8-14(2)23-25(19)15(18)3/h4-5,8-10,17H,6-7,11-12H2,1-3H3. The van der Waals surface area contributed by atoms with Gasteiger partial charge in [-0.2, -0.15) is 5.10 Å². The van der Waals surface area contributed by atoms with Crippen LogP contribution in [0.2, 0.25) is 0 Å². The van der Waals surface area contributed by atoms with Gasteiger partial charge in [0.1, 0.15) is 18.5 Å². The maximum Gasteiger partial charge on any atom is 0.257 e. The third-order valence-electron chi connectivity index (χ3n) is 4.82. The summed E-state index contributed by atoms with van der Waals surface area (Å²) in [5.41, 5.74) is 3.89. The minimum absolute atomic E-state index is 0.0645. The summed E-state index contributed by atoms with van der Waals surface area (Å²) >= 11 is 0. The van der Waals surface area contributed by atoms with E-state index in [2.05, 4.69) is 15.1 Å². The van der Waals surface area contributed by atoms with E-state index >= 15 is 0 Å². The molecular weight excluding hydrogens is 358 g/mol. The molecule has 28 heavy (non-hydrogen) atoms. The van der Waals surface area contributed by atoms with Gasteiger partial charge in [-0.3, -0.25) is 9.78 Å². The second-order valence-electron chi connectivity index (χ2n) is 7.00. The van der Waals surface area contributed by atoms with Crippen LogP contribution in [0, 0.1) is 20.8 Å². The van der Waals surface area contributed by atoms with Crippen LogP contribution in [0.5, 0.6) is 5.75 Å². The molecule has 0 N–H and O–H groups in total. The van der Waals surface area contributed by atoms with Gasteiger partial charge in [-0.1, -0.05) is 0 Å². The molecule has 1 aliphatic heterocycles. The highest BCUT2D eigenvalue weighted by atomic mass is 16.5. The third-order valence-corrected chi connectivity index (χ3v) is 4.82. The van der Waals surface area contributed by atoms with Gasteiger partial charge in [0.25, 0.3) is 5.91 Å². The number of aromatic nitrogens is 4. The summed E-state index contributed by atoms with van der Waals surface area (Å²) in [6.45, 7) is 7.57. The SMILES string of the molecule is Cc1ccc(OCC2CN(C(=O)c3cnc4cc(C)nn4c3C)CCO2)cn1. The van der Waals surface area contributed by atoms with Gasteiger partial charge in [0.2, 0.25) is 0 Å². The Morgan fingerprint density at radius 3 is 2.86 bits per heavy atom. The molecule has 3 aromatic heterocycles. The first-order valence-corrected chi connectivity index (χ1v) is 9.29. The number of rotatable bonds is 4. The summed E-state index contributed by atoms with van der Waals surface area (Å²) in [6, 6.07) is 5.67. The Morgan fingerprint density at radius 2 is 2.07 bits per heavy atom. The average Bonchev–Trinajstić information content (AvgIpc) is 3.09. The molecule has 0 saturated carbocycles. The van der Waals surface area contributed by atoms with Crippen LogP contribution in [-0.4, -0.2) is 62.8 Å². The van der Waals surface area contributed by atoms with Crippen molar-refractivity contribution in [2.24, 2.45) is 0 Å². The van der Waals surface area contributed by atoms with Gasteiger partial charge >= 0.3 is 0 Å². The van der Waals surface area contributed by atoms with Crippen molar-refractivity contribution in [1.82, 2.24) is 24.5 Å². The monoisotopic (exact) mass is 381 g/mol. The molecule has 4 heterocycles. The van der Waals surface area contributed by atoms with Crippen molar-refractivity contribution >= 4 is 11.6 Å². The largest absolute Gasteiger partial charge is 0.489 e. The van der Waals surface area contributed by atoms with Crippen molar-refractivity contribution in [2.45, 2.75) is 26.9 Å². The van der Waals surface area contributed by atoms with E-state index in [-0.39, 0.29) is 12.0 Å². The zero-order valence-electron chi connectivity index (χ0n) is 16.3. The Morgan fingerprint density at radius 1 is 1.21 bits per heavy atom. The molecular formula is C20H23N5O3. The van der Waals surface area contributed by atoms with E-state index in [9.17, 15) is 4.79 Å². The van der Waals surface area contributed by atoms with E-state index in [1.54, 1.807) is 21.8 Å². The van der Waals surface area contributed by atoms with E-state index < -0.39 is 0 Å². The van der Waals surface area contributed by atoms with Crippen LogP contribution in [0.4, 0.5) is 0 Å². The van der Waals surface area contributed by atoms with Crippen molar-refractivity contribution in [1.29, 1.82) is 0 Å². The second kappa shape index (κ2) is 7.55. The first-order valence-electron chi connectivity index (χ1n) is 9.29. The maximum atomic E-state index is 13.1. The maximum absolute atomic E-state index is 13.1. The van der Waals surface area contributed by atoms with Crippen molar-refractivity contribution in [3.8, 4) is 5.75 Å². The number of morpholine rings is 1. The number of hydrogen-bond donors (Lipinski definition) is 0. The molecule has 1 atom stereocenters. The molecule has 4 rings (SSSR count). The van der Waals surface area contributed by atoms with E-state index in [1.807, 2.05) is 39.0 Å². The fraction of sp³-hybridized carbons (Fsp3) is 0.400. The summed E-state index contributed by atoms with van der Waals surface area (Å²) in [5.74, 6) is 0.627. The first-order chi connectivity index (χ1) is 13.5. The molecule has 0 spiro atoms. The molecule has 8 heteroatoms. The molecule has 1 aliphatic rings. The predicted molar refractivity (Wildman–Crippen MR) is 103 cm³/mol. The van der Waals surface area contributed by atoms with Gasteiger partial charge in [-0.15, -0.1) is 0 Å². The molecule has 3 aromatic rings. The lowest BCUT2D eigenvalue weighted by Gasteiger charge is -2.33. The fourth-order valence-corrected chi connectivity index (χ4v) is 3.28. The van der Waals surface area contributed by atoms with Crippen molar-refractivity contribution < 1.29 is 14.3 Å². The van der Waals surface area contributed by atoms with Crippen molar-refractivity contribution in [3.63, 3.8) is 0 Å². The van der Waals surface area contributed by atoms with Gasteiger partial charge in [0.15, 0.2) is 5.65 Å². The number of carbonyl (C=O) groups is 1. The van der Waals surface area contributed by atoms with Gasteiger partial charge in [0.05, 0.1) is 36.3 Å². The zero-order chi connectivity index (χ0) is 19.7. The molecule has 0 bridgehead atoms. The number of ether oxygens (including phenoxy) is 2. The van der Waals surface area contributed by atoms with E-state index in [0.29, 0.717) is 37.6 Å². The third kappa shape index (κ3) is 3.68. The lowest BCUT2D eigenvalue weighted by atomic mass is 10.2. The molecule has 1 unspecified atom stereocenters. The number of aryl methyl sites for hydroxylation is 3. The van der Waals surface area contributed by atoms with E-state index in [4.69, 9.17) is 9.47 Å². The number of pyridine rings is 1. The normalized spacial score (nSPS) is 17.1. The smallest absolute Gasteiger partial charge is 0.257 e. The molecule has 1 fully saturated rings. The van der Waals surface area contributed by atoms with Gasteiger partial charge < -0.3 is 14.4 Å². The fourth-order valence-electron chi connectivity index (χ4n) is 3.28. The number of hydrogen-bond acceptors (Lipinski definition) is 6. The molecule has 0 aliphatic carbocycles. The van der Waals surface area contributed by atoms with E-state index in [1.165, 1.54) is 0 Å². The Hall–Kier alpha value is -3.00. The van der Waals surface area contributed by atoms with E-state index in [0.717, 1.165) is 22.7 Å². The van der Waals surface area contributed by atoms with Crippen LogP contribution in [0.15, 0.2) is 30.6 Å². The molecule has 146 valence electrons. The summed E-state index contributed by atoms with van der Waals surface area (Å²) < 4.78 is 13.3. The Balaban J connectivity index is 1.44. The minimum Gasteiger partial charge on any atom is -0.489 e. The van der Waals surface area contributed by atoms with Crippen LogP contribution < -0.4 is 4.74 Å². The summed E-state index contributed by atoms with van der Waals surface area (Å²) in [5, 5.41) is 4.42. The van der Waals surface area contributed by atoms with Gasteiger partial charge in [-0.05, 0) is 32.9 Å². The molecule has 0 radical (unpaired) electrons. The van der Waals surface area contributed by atoms with Crippen LogP contribution in [-0.2, 0) is 4.74 Å². The molecule has 8 nitrogen and oxygen atoms in total. The lowest BCUT2D eigenvalue weighted by molar-refractivity contribution is -0.0402. The van der Waals surface area contributed by atoms with Crippen LogP contribution in [0.25, 0.3) is 5.65 Å². The van der Waals surface area contributed by atoms with Crippen LogP contribution >= 0.6 is 0 Å². The average molecular weight is 381 g/mol. The number of fused-ring (bicyclic) bond motifs is 1. The highest BCUT2D eigenvalue weighted by molar-refractivity contribution is 5.95. The Kier molecular flexibility index (Phi) is 4.95. The number of amides is 1. The first kappa shape index (κ1) is 18.4. The second-order valence-corrected chi connectivity index (χ2v) is 7.00. The van der Waals surface area contributed by atoms with Gasteiger partial charge in [0, 0.05) is 24.5 Å². The number of nitrogens with zero attached hydrogens (tertiary/aromatic N) is 5. The quantitative estimate of drug-likeness (QED) is 0.687. The molecule has 0 aromatic carbocycles. The van der Waals surface area contributed by atoms with Crippen LogP contribution in [0.3, 0.4) is 0 Å². The van der Waals surface area contributed by atoms with Crippen molar-refractivity contribution in [3.05, 3.63) is 53.2 Å².